The topological polar surface area (TPSA) is 55.4 Å². The quantitative estimate of drug-likeness (QED) is 0.750. The van der Waals surface area contributed by atoms with E-state index < -0.39 is 9.84 Å². The highest BCUT2D eigenvalue weighted by molar-refractivity contribution is 7.91. The van der Waals surface area contributed by atoms with Crippen molar-refractivity contribution in [1.82, 2.24) is 5.32 Å². The zero-order valence-electron chi connectivity index (χ0n) is 11.2. The lowest BCUT2D eigenvalue weighted by molar-refractivity contribution is 0.0623. The van der Waals surface area contributed by atoms with Crippen molar-refractivity contribution in [1.29, 1.82) is 0 Å². The van der Waals surface area contributed by atoms with Gasteiger partial charge in [-0.15, -0.1) is 0 Å². The van der Waals surface area contributed by atoms with Crippen LogP contribution in [0.5, 0.6) is 0 Å². The minimum atomic E-state index is -2.88. The third kappa shape index (κ3) is 3.93. The highest BCUT2D eigenvalue weighted by Crippen LogP contribution is 2.38. The molecule has 0 bridgehead atoms. The highest BCUT2D eigenvalue weighted by Gasteiger charge is 2.41. The van der Waals surface area contributed by atoms with Gasteiger partial charge in [0.25, 0.3) is 0 Å². The average molecular weight is 263 g/mol. The first kappa shape index (κ1) is 14.9. The molecular formula is C12H25NO3S. The van der Waals surface area contributed by atoms with E-state index in [9.17, 15) is 8.42 Å². The second-order valence-electron chi connectivity index (χ2n) is 5.06. The van der Waals surface area contributed by atoms with Gasteiger partial charge in [0.2, 0.25) is 0 Å². The maximum atomic E-state index is 11.8. The number of sulfone groups is 1. The van der Waals surface area contributed by atoms with E-state index in [1.54, 1.807) is 0 Å². The van der Waals surface area contributed by atoms with Crippen LogP contribution in [0.3, 0.4) is 0 Å². The molecule has 5 heteroatoms. The van der Waals surface area contributed by atoms with Crippen molar-refractivity contribution < 1.29 is 13.2 Å². The van der Waals surface area contributed by atoms with Crippen LogP contribution in [0.1, 0.15) is 33.1 Å². The minimum Gasteiger partial charge on any atom is -0.378 e. The molecule has 17 heavy (non-hydrogen) atoms. The third-order valence-corrected chi connectivity index (χ3v) is 5.64. The Bertz CT molecular complexity index is 329. The fraction of sp³-hybridized carbons (Fsp3) is 1.00. The number of nitrogens with one attached hydrogen (secondary N) is 1. The molecule has 0 saturated carbocycles. The molecule has 1 rings (SSSR count). The first-order valence-corrected chi connectivity index (χ1v) is 8.24. The molecule has 2 unspecified atom stereocenters. The molecule has 0 aliphatic carbocycles. The fourth-order valence-electron chi connectivity index (χ4n) is 2.59. The number of hydrogen-bond donors (Lipinski definition) is 1. The van der Waals surface area contributed by atoms with Crippen LogP contribution in [-0.2, 0) is 14.6 Å². The lowest BCUT2D eigenvalue weighted by Crippen LogP contribution is -2.39. The second kappa shape index (κ2) is 6.16. The van der Waals surface area contributed by atoms with E-state index in [1.807, 2.05) is 14.0 Å². The van der Waals surface area contributed by atoms with E-state index in [-0.39, 0.29) is 17.3 Å². The molecule has 0 aromatic rings. The summed E-state index contributed by atoms with van der Waals surface area (Å²) in [6.45, 7) is 5.53. The van der Waals surface area contributed by atoms with Gasteiger partial charge in [-0.25, -0.2) is 8.42 Å². The predicted molar refractivity (Wildman–Crippen MR) is 70.0 cm³/mol. The van der Waals surface area contributed by atoms with Gasteiger partial charge in [-0.05, 0) is 33.2 Å². The smallest absolute Gasteiger partial charge is 0.150 e. The Morgan fingerprint density at radius 3 is 2.59 bits per heavy atom. The highest BCUT2D eigenvalue weighted by atomic mass is 32.2. The molecule has 0 aromatic carbocycles. The van der Waals surface area contributed by atoms with E-state index in [2.05, 4.69) is 12.2 Å². The zero-order chi connectivity index (χ0) is 12.9. The lowest BCUT2D eigenvalue weighted by atomic mass is 9.79. The van der Waals surface area contributed by atoms with E-state index in [1.165, 1.54) is 0 Å². The standard InChI is InChI=1S/C12H25NO3S/c1-4-8-17(14,15)9-6-12(10-13-3)5-7-16-11(12)2/h11,13H,4-10H2,1-3H3. The summed E-state index contributed by atoms with van der Waals surface area (Å²) in [5.41, 5.74) is -0.00440. The van der Waals surface area contributed by atoms with Crippen molar-refractivity contribution in [3.05, 3.63) is 0 Å². The third-order valence-electron chi connectivity index (χ3n) is 3.79. The molecule has 1 fully saturated rings. The molecule has 0 spiro atoms. The molecule has 1 N–H and O–H groups in total. The normalized spacial score (nSPS) is 29.7. The number of hydrogen-bond acceptors (Lipinski definition) is 4. The molecule has 102 valence electrons. The van der Waals surface area contributed by atoms with Gasteiger partial charge in [0.05, 0.1) is 11.9 Å². The van der Waals surface area contributed by atoms with Gasteiger partial charge in [-0.3, -0.25) is 0 Å². The summed E-state index contributed by atoms with van der Waals surface area (Å²) in [5, 5.41) is 3.17. The van der Waals surface area contributed by atoms with Crippen molar-refractivity contribution in [3.63, 3.8) is 0 Å². The maximum Gasteiger partial charge on any atom is 0.150 e. The Morgan fingerprint density at radius 2 is 2.12 bits per heavy atom. The summed E-state index contributed by atoms with van der Waals surface area (Å²) in [4.78, 5) is 0. The van der Waals surface area contributed by atoms with Gasteiger partial charge in [0.15, 0.2) is 0 Å². The Hall–Kier alpha value is -0.130. The summed E-state index contributed by atoms with van der Waals surface area (Å²) >= 11 is 0. The van der Waals surface area contributed by atoms with E-state index in [0.717, 1.165) is 19.6 Å². The van der Waals surface area contributed by atoms with Crippen LogP contribution in [0.25, 0.3) is 0 Å². The summed E-state index contributed by atoms with van der Waals surface area (Å²) in [6.07, 6.45) is 2.51. The second-order valence-corrected chi connectivity index (χ2v) is 7.36. The molecule has 2 atom stereocenters. The molecule has 4 nitrogen and oxygen atoms in total. The van der Waals surface area contributed by atoms with Gasteiger partial charge in [-0.1, -0.05) is 6.92 Å². The van der Waals surface area contributed by atoms with Crippen LogP contribution in [0.15, 0.2) is 0 Å². The van der Waals surface area contributed by atoms with Crippen LogP contribution < -0.4 is 5.32 Å². The largest absolute Gasteiger partial charge is 0.378 e. The van der Waals surface area contributed by atoms with Crippen molar-refractivity contribution in [2.75, 3.05) is 31.7 Å². The predicted octanol–water partition coefficient (Wildman–Crippen LogP) is 1.22. The average Bonchev–Trinajstić information content (AvgIpc) is 2.59. The molecular weight excluding hydrogens is 238 g/mol. The maximum absolute atomic E-state index is 11.8. The van der Waals surface area contributed by atoms with Crippen molar-refractivity contribution in [3.8, 4) is 0 Å². The first-order valence-electron chi connectivity index (χ1n) is 6.42. The Kier molecular flexibility index (Phi) is 5.41. The van der Waals surface area contributed by atoms with Crippen LogP contribution >= 0.6 is 0 Å². The van der Waals surface area contributed by atoms with Crippen molar-refractivity contribution in [2.45, 2.75) is 39.2 Å². The van der Waals surface area contributed by atoms with E-state index >= 15 is 0 Å². The van der Waals surface area contributed by atoms with Gasteiger partial charge in [0, 0.05) is 24.3 Å². The van der Waals surface area contributed by atoms with Gasteiger partial charge in [-0.2, -0.15) is 0 Å². The molecule has 1 aliphatic rings. The molecule has 1 aliphatic heterocycles. The fourth-order valence-corrected chi connectivity index (χ4v) is 4.14. The molecule has 0 aromatic heterocycles. The van der Waals surface area contributed by atoms with Gasteiger partial charge >= 0.3 is 0 Å². The van der Waals surface area contributed by atoms with E-state index in [0.29, 0.717) is 18.6 Å². The summed E-state index contributed by atoms with van der Waals surface area (Å²) in [5.74, 6) is 0.591. The SMILES string of the molecule is CCCS(=O)(=O)CCC1(CNC)CCOC1C. The summed E-state index contributed by atoms with van der Waals surface area (Å²) in [7, 11) is -0.972. The van der Waals surface area contributed by atoms with Gasteiger partial charge in [0.1, 0.15) is 9.84 Å². The minimum absolute atomic E-state index is 0.00440. The van der Waals surface area contributed by atoms with Crippen molar-refractivity contribution >= 4 is 9.84 Å². The number of rotatable bonds is 7. The monoisotopic (exact) mass is 263 g/mol. The summed E-state index contributed by atoms with van der Waals surface area (Å²) < 4.78 is 29.2. The van der Waals surface area contributed by atoms with Crippen LogP contribution in [-0.4, -0.2) is 46.2 Å². The number of ether oxygens (including phenoxy) is 1. The van der Waals surface area contributed by atoms with Gasteiger partial charge < -0.3 is 10.1 Å². The van der Waals surface area contributed by atoms with Crippen LogP contribution in [0.2, 0.25) is 0 Å². The van der Waals surface area contributed by atoms with Crippen LogP contribution in [0.4, 0.5) is 0 Å². The van der Waals surface area contributed by atoms with E-state index in [4.69, 9.17) is 4.74 Å². The zero-order valence-corrected chi connectivity index (χ0v) is 12.0. The lowest BCUT2D eigenvalue weighted by Gasteiger charge is -2.32. The molecule has 1 saturated heterocycles. The Balaban J connectivity index is 2.62. The van der Waals surface area contributed by atoms with Crippen molar-refractivity contribution in [2.24, 2.45) is 5.41 Å². The first-order chi connectivity index (χ1) is 7.96. The Morgan fingerprint density at radius 1 is 1.41 bits per heavy atom. The Labute approximate surface area is 105 Å². The molecule has 0 amide bonds. The summed E-state index contributed by atoms with van der Waals surface area (Å²) in [6, 6.07) is 0. The molecule has 0 radical (unpaired) electrons. The molecule has 1 heterocycles. The van der Waals surface area contributed by atoms with Crippen LogP contribution in [0, 0.1) is 5.41 Å².